The average Bonchev–Trinajstić information content (AvgIpc) is 2.41. The largest absolute Gasteiger partial charge is 0.381 e. The van der Waals surface area contributed by atoms with Crippen molar-refractivity contribution < 1.29 is 4.74 Å². The molecule has 0 saturated carbocycles. The minimum Gasteiger partial charge on any atom is -0.381 e. The fraction of sp³-hybridized carbons (Fsp3) is 0.571. The molecule has 2 rings (SSSR count). The van der Waals surface area contributed by atoms with Crippen molar-refractivity contribution >= 4 is 23.2 Å². The number of hydrogen-bond donors (Lipinski definition) is 1. The Balaban J connectivity index is 2.09. The van der Waals surface area contributed by atoms with Crippen LogP contribution in [0.3, 0.4) is 0 Å². The molecule has 1 aromatic carbocycles. The summed E-state index contributed by atoms with van der Waals surface area (Å²) in [5.74, 6) is 0.700. The van der Waals surface area contributed by atoms with Crippen LogP contribution in [0.25, 0.3) is 0 Å². The van der Waals surface area contributed by atoms with Crippen molar-refractivity contribution in [2.24, 2.45) is 5.92 Å². The highest BCUT2D eigenvalue weighted by molar-refractivity contribution is 6.42. The van der Waals surface area contributed by atoms with Gasteiger partial charge < -0.3 is 10.1 Å². The molecule has 0 aromatic heterocycles. The number of hydrogen-bond acceptors (Lipinski definition) is 2. The molecule has 100 valence electrons. The Hall–Kier alpha value is -0.280. The van der Waals surface area contributed by atoms with Crippen LogP contribution in [-0.4, -0.2) is 20.3 Å². The molecule has 0 bridgehead atoms. The molecule has 1 aromatic rings. The zero-order valence-electron chi connectivity index (χ0n) is 10.6. The minimum absolute atomic E-state index is 0.263. The molecule has 0 amide bonds. The molecule has 18 heavy (non-hydrogen) atoms. The summed E-state index contributed by atoms with van der Waals surface area (Å²) >= 11 is 12.4. The number of nitrogens with one attached hydrogen (secondary N) is 1. The van der Waals surface area contributed by atoms with Gasteiger partial charge in [-0.1, -0.05) is 35.3 Å². The van der Waals surface area contributed by atoms with Crippen LogP contribution in [0.5, 0.6) is 0 Å². The lowest BCUT2D eigenvalue weighted by Gasteiger charge is -2.27. The van der Waals surface area contributed by atoms with E-state index in [9.17, 15) is 0 Å². The Morgan fingerprint density at radius 2 is 2.06 bits per heavy atom. The Morgan fingerprint density at radius 3 is 2.72 bits per heavy atom. The Morgan fingerprint density at radius 1 is 1.33 bits per heavy atom. The van der Waals surface area contributed by atoms with Crippen molar-refractivity contribution in [1.29, 1.82) is 0 Å². The van der Waals surface area contributed by atoms with E-state index in [4.69, 9.17) is 27.9 Å². The van der Waals surface area contributed by atoms with Crippen LogP contribution in [0, 0.1) is 5.92 Å². The molecule has 1 atom stereocenters. The van der Waals surface area contributed by atoms with Gasteiger partial charge in [-0.25, -0.2) is 0 Å². The van der Waals surface area contributed by atoms with E-state index in [1.807, 2.05) is 19.2 Å². The van der Waals surface area contributed by atoms with Crippen LogP contribution in [-0.2, 0) is 4.74 Å². The maximum atomic E-state index is 6.29. The molecule has 1 aliphatic rings. The number of benzene rings is 1. The molecule has 1 unspecified atom stereocenters. The molecule has 4 heteroatoms. The molecule has 1 fully saturated rings. The lowest BCUT2D eigenvalue weighted by Crippen LogP contribution is -2.24. The Labute approximate surface area is 119 Å². The van der Waals surface area contributed by atoms with E-state index in [-0.39, 0.29) is 6.04 Å². The molecule has 0 aliphatic carbocycles. The van der Waals surface area contributed by atoms with Crippen LogP contribution < -0.4 is 5.32 Å². The average molecular weight is 288 g/mol. The van der Waals surface area contributed by atoms with Gasteiger partial charge in [-0.2, -0.15) is 0 Å². The Bertz CT molecular complexity index is 391. The fourth-order valence-corrected chi connectivity index (χ4v) is 2.94. The highest BCUT2D eigenvalue weighted by atomic mass is 35.5. The predicted octanol–water partition coefficient (Wildman–Crippen LogP) is 4.07. The standard InChI is InChI=1S/C14H19Cl2NO/c1-17-13(9-10-5-7-18-8-6-10)11-3-2-4-12(15)14(11)16/h2-4,10,13,17H,5-9H2,1H3. The summed E-state index contributed by atoms with van der Waals surface area (Å²) in [5, 5.41) is 4.65. The first-order valence-corrected chi connectivity index (χ1v) is 7.17. The third-order valence-corrected chi connectivity index (χ3v) is 4.45. The summed E-state index contributed by atoms with van der Waals surface area (Å²) in [6, 6.07) is 6.10. The fourth-order valence-electron chi connectivity index (χ4n) is 2.51. The van der Waals surface area contributed by atoms with E-state index in [1.54, 1.807) is 0 Å². The molecule has 1 N–H and O–H groups in total. The number of halogens is 2. The van der Waals surface area contributed by atoms with Crippen LogP contribution in [0.2, 0.25) is 10.0 Å². The lowest BCUT2D eigenvalue weighted by atomic mass is 9.89. The zero-order chi connectivity index (χ0) is 13.0. The zero-order valence-corrected chi connectivity index (χ0v) is 12.1. The summed E-state index contributed by atoms with van der Waals surface area (Å²) in [5.41, 5.74) is 1.10. The van der Waals surface area contributed by atoms with E-state index in [0.717, 1.165) is 38.0 Å². The van der Waals surface area contributed by atoms with Gasteiger partial charge >= 0.3 is 0 Å². The maximum absolute atomic E-state index is 6.29. The first kappa shape index (κ1) is 14.1. The van der Waals surface area contributed by atoms with Crippen molar-refractivity contribution in [3.63, 3.8) is 0 Å². The van der Waals surface area contributed by atoms with Gasteiger partial charge in [0.2, 0.25) is 0 Å². The van der Waals surface area contributed by atoms with Crippen LogP contribution in [0.1, 0.15) is 30.9 Å². The first-order valence-electron chi connectivity index (χ1n) is 6.41. The predicted molar refractivity (Wildman–Crippen MR) is 76.4 cm³/mol. The van der Waals surface area contributed by atoms with Crippen molar-refractivity contribution in [2.45, 2.75) is 25.3 Å². The second-order valence-electron chi connectivity index (χ2n) is 4.78. The molecule has 0 radical (unpaired) electrons. The SMILES string of the molecule is CNC(CC1CCOCC1)c1cccc(Cl)c1Cl. The summed E-state index contributed by atoms with van der Waals surface area (Å²) in [7, 11) is 1.97. The van der Waals surface area contributed by atoms with Crippen molar-refractivity contribution in [2.75, 3.05) is 20.3 Å². The van der Waals surface area contributed by atoms with Crippen molar-refractivity contribution in [1.82, 2.24) is 5.32 Å². The normalized spacial score (nSPS) is 18.8. The van der Waals surface area contributed by atoms with E-state index in [0.29, 0.717) is 16.0 Å². The van der Waals surface area contributed by atoms with Crippen LogP contribution >= 0.6 is 23.2 Å². The first-order chi connectivity index (χ1) is 8.72. The number of ether oxygens (including phenoxy) is 1. The molecule has 0 spiro atoms. The molecular weight excluding hydrogens is 269 g/mol. The molecule has 1 aliphatic heterocycles. The van der Waals surface area contributed by atoms with Gasteiger partial charge in [0, 0.05) is 19.3 Å². The Kier molecular flexibility index (Phi) is 5.31. The number of rotatable bonds is 4. The third-order valence-electron chi connectivity index (χ3n) is 3.62. The summed E-state index contributed by atoms with van der Waals surface area (Å²) in [6.07, 6.45) is 3.35. The van der Waals surface area contributed by atoms with E-state index >= 15 is 0 Å². The van der Waals surface area contributed by atoms with Crippen LogP contribution in [0.4, 0.5) is 0 Å². The summed E-state index contributed by atoms with van der Waals surface area (Å²) in [6.45, 7) is 1.76. The van der Waals surface area contributed by atoms with Gasteiger partial charge in [-0.15, -0.1) is 0 Å². The quantitative estimate of drug-likeness (QED) is 0.901. The summed E-state index contributed by atoms with van der Waals surface area (Å²) in [4.78, 5) is 0. The van der Waals surface area contributed by atoms with Gasteiger partial charge in [0.25, 0.3) is 0 Å². The van der Waals surface area contributed by atoms with Gasteiger partial charge in [0.15, 0.2) is 0 Å². The highest BCUT2D eigenvalue weighted by Crippen LogP contribution is 2.34. The third kappa shape index (κ3) is 3.39. The molecular formula is C14H19Cl2NO. The van der Waals surface area contributed by atoms with Crippen LogP contribution in [0.15, 0.2) is 18.2 Å². The summed E-state index contributed by atoms with van der Waals surface area (Å²) < 4.78 is 5.40. The van der Waals surface area contributed by atoms with Crippen molar-refractivity contribution in [3.05, 3.63) is 33.8 Å². The van der Waals surface area contributed by atoms with Gasteiger partial charge in [-0.05, 0) is 43.9 Å². The maximum Gasteiger partial charge on any atom is 0.0640 e. The smallest absolute Gasteiger partial charge is 0.0640 e. The molecule has 1 heterocycles. The van der Waals surface area contributed by atoms with E-state index in [2.05, 4.69) is 11.4 Å². The second-order valence-corrected chi connectivity index (χ2v) is 5.56. The highest BCUT2D eigenvalue weighted by Gasteiger charge is 2.21. The van der Waals surface area contributed by atoms with E-state index < -0.39 is 0 Å². The topological polar surface area (TPSA) is 21.3 Å². The lowest BCUT2D eigenvalue weighted by molar-refractivity contribution is 0.0608. The molecule has 1 saturated heterocycles. The van der Waals surface area contributed by atoms with Gasteiger partial charge in [-0.3, -0.25) is 0 Å². The second kappa shape index (κ2) is 6.76. The van der Waals surface area contributed by atoms with Gasteiger partial charge in [0.1, 0.15) is 0 Å². The monoisotopic (exact) mass is 287 g/mol. The molecule has 2 nitrogen and oxygen atoms in total. The van der Waals surface area contributed by atoms with Crippen molar-refractivity contribution in [3.8, 4) is 0 Å². The minimum atomic E-state index is 0.263. The van der Waals surface area contributed by atoms with Gasteiger partial charge in [0.05, 0.1) is 10.0 Å². The van der Waals surface area contributed by atoms with E-state index in [1.165, 1.54) is 0 Å².